The molecule has 106 valence electrons. The maximum atomic E-state index is 10.9. The van der Waals surface area contributed by atoms with Gasteiger partial charge in [0.05, 0.1) is 22.2 Å². The number of thiazole rings is 1. The molecule has 0 atom stereocenters. The molecule has 0 bridgehead atoms. The highest BCUT2D eigenvalue weighted by Crippen LogP contribution is 2.33. The summed E-state index contributed by atoms with van der Waals surface area (Å²) in [6.07, 6.45) is 0. The number of hydrogen-bond donors (Lipinski definition) is 0. The predicted molar refractivity (Wildman–Crippen MR) is 83.0 cm³/mol. The van der Waals surface area contributed by atoms with Gasteiger partial charge in [0, 0.05) is 23.3 Å². The van der Waals surface area contributed by atoms with Crippen LogP contribution in [0.2, 0.25) is 0 Å². The summed E-state index contributed by atoms with van der Waals surface area (Å²) in [5.74, 6) is 0.763. The van der Waals surface area contributed by atoms with Gasteiger partial charge in [0.1, 0.15) is 10.8 Å². The summed E-state index contributed by atoms with van der Waals surface area (Å²) in [4.78, 5) is 15.1. The number of ether oxygens (including phenoxy) is 1. The lowest BCUT2D eigenvalue weighted by atomic mass is 10.1. The first kappa shape index (κ1) is 13.5. The van der Waals surface area contributed by atoms with E-state index in [1.807, 2.05) is 18.2 Å². The lowest BCUT2D eigenvalue weighted by Crippen LogP contribution is -1.91. The van der Waals surface area contributed by atoms with Crippen LogP contribution in [0.25, 0.3) is 20.8 Å². The third kappa shape index (κ3) is 2.45. The highest BCUT2D eigenvalue weighted by molar-refractivity contribution is 7.21. The molecule has 2 aromatic carbocycles. The van der Waals surface area contributed by atoms with Crippen molar-refractivity contribution in [2.45, 2.75) is 6.92 Å². The van der Waals surface area contributed by atoms with Gasteiger partial charge in [-0.1, -0.05) is 0 Å². The van der Waals surface area contributed by atoms with Gasteiger partial charge in [-0.3, -0.25) is 10.1 Å². The second-order valence-corrected chi connectivity index (χ2v) is 5.64. The number of nitro groups is 1. The third-order valence-corrected chi connectivity index (χ3v) is 4.32. The maximum Gasteiger partial charge on any atom is 0.272 e. The topological polar surface area (TPSA) is 65.3 Å². The monoisotopic (exact) mass is 300 g/mol. The SMILES string of the molecule is COc1ccc2sc(-c3ccc([N+](=O)[O-])c(C)c3)nc2c1. The van der Waals surface area contributed by atoms with E-state index in [1.54, 1.807) is 37.5 Å². The normalized spacial score (nSPS) is 10.8. The first-order valence-electron chi connectivity index (χ1n) is 6.28. The van der Waals surface area contributed by atoms with Gasteiger partial charge in [-0.15, -0.1) is 11.3 Å². The summed E-state index contributed by atoms with van der Waals surface area (Å²) in [5.41, 5.74) is 2.51. The van der Waals surface area contributed by atoms with Crippen molar-refractivity contribution in [1.82, 2.24) is 4.98 Å². The van der Waals surface area contributed by atoms with Crippen molar-refractivity contribution in [3.63, 3.8) is 0 Å². The smallest absolute Gasteiger partial charge is 0.272 e. The molecule has 0 radical (unpaired) electrons. The van der Waals surface area contributed by atoms with Gasteiger partial charge in [-0.2, -0.15) is 0 Å². The third-order valence-electron chi connectivity index (χ3n) is 3.24. The van der Waals surface area contributed by atoms with Crippen molar-refractivity contribution >= 4 is 27.2 Å². The Bertz CT molecular complexity index is 842. The fourth-order valence-electron chi connectivity index (χ4n) is 2.15. The molecule has 21 heavy (non-hydrogen) atoms. The number of rotatable bonds is 3. The minimum atomic E-state index is -0.373. The average Bonchev–Trinajstić information content (AvgIpc) is 2.89. The Kier molecular flexibility index (Phi) is 3.31. The van der Waals surface area contributed by atoms with Gasteiger partial charge >= 0.3 is 0 Å². The van der Waals surface area contributed by atoms with Gasteiger partial charge in [0.15, 0.2) is 0 Å². The van der Waals surface area contributed by atoms with E-state index in [9.17, 15) is 10.1 Å². The molecule has 5 nitrogen and oxygen atoms in total. The van der Waals surface area contributed by atoms with Crippen LogP contribution in [0.15, 0.2) is 36.4 Å². The van der Waals surface area contributed by atoms with E-state index in [-0.39, 0.29) is 10.6 Å². The highest BCUT2D eigenvalue weighted by atomic mass is 32.1. The Morgan fingerprint density at radius 2 is 2.05 bits per heavy atom. The molecular weight excluding hydrogens is 288 g/mol. The van der Waals surface area contributed by atoms with E-state index < -0.39 is 0 Å². The number of fused-ring (bicyclic) bond motifs is 1. The Hall–Kier alpha value is -2.47. The number of aromatic nitrogens is 1. The van der Waals surface area contributed by atoms with Crippen LogP contribution in [-0.2, 0) is 0 Å². The quantitative estimate of drug-likeness (QED) is 0.537. The summed E-state index contributed by atoms with van der Waals surface area (Å²) < 4.78 is 6.25. The largest absolute Gasteiger partial charge is 0.497 e. The first-order valence-corrected chi connectivity index (χ1v) is 7.10. The van der Waals surface area contributed by atoms with Crippen molar-refractivity contribution in [3.8, 4) is 16.3 Å². The number of nitrogens with zero attached hydrogens (tertiary/aromatic N) is 2. The summed E-state index contributed by atoms with van der Waals surface area (Å²) in [5, 5.41) is 11.7. The number of aryl methyl sites for hydroxylation is 1. The highest BCUT2D eigenvalue weighted by Gasteiger charge is 2.13. The van der Waals surface area contributed by atoms with Crippen molar-refractivity contribution < 1.29 is 9.66 Å². The summed E-state index contributed by atoms with van der Waals surface area (Å²) in [6.45, 7) is 1.73. The van der Waals surface area contributed by atoms with Crippen molar-refractivity contribution in [2.75, 3.05) is 7.11 Å². The number of methoxy groups -OCH3 is 1. The van der Waals surface area contributed by atoms with Crippen LogP contribution in [0.4, 0.5) is 5.69 Å². The van der Waals surface area contributed by atoms with Crippen LogP contribution >= 0.6 is 11.3 Å². The summed E-state index contributed by atoms with van der Waals surface area (Å²) >= 11 is 1.56. The summed E-state index contributed by atoms with van der Waals surface area (Å²) in [7, 11) is 1.62. The van der Waals surface area contributed by atoms with E-state index in [1.165, 1.54) is 6.07 Å². The minimum absolute atomic E-state index is 0.126. The molecule has 0 fully saturated rings. The lowest BCUT2D eigenvalue weighted by Gasteiger charge is -1.99. The molecule has 0 unspecified atom stereocenters. The Balaban J connectivity index is 2.07. The molecule has 0 aliphatic carbocycles. The molecule has 3 rings (SSSR count). The average molecular weight is 300 g/mol. The minimum Gasteiger partial charge on any atom is -0.497 e. The van der Waals surface area contributed by atoms with Crippen molar-refractivity contribution in [3.05, 3.63) is 52.1 Å². The van der Waals surface area contributed by atoms with Gasteiger partial charge in [0.25, 0.3) is 5.69 Å². The van der Waals surface area contributed by atoms with Gasteiger partial charge in [-0.25, -0.2) is 4.98 Å². The zero-order valence-electron chi connectivity index (χ0n) is 11.5. The Labute approximate surface area is 125 Å². The summed E-state index contributed by atoms with van der Waals surface area (Å²) in [6, 6.07) is 10.8. The second-order valence-electron chi connectivity index (χ2n) is 4.61. The first-order chi connectivity index (χ1) is 10.1. The van der Waals surface area contributed by atoms with Crippen molar-refractivity contribution in [1.29, 1.82) is 0 Å². The van der Waals surface area contributed by atoms with Crippen LogP contribution in [0.3, 0.4) is 0 Å². The molecule has 3 aromatic rings. The fraction of sp³-hybridized carbons (Fsp3) is 0.133. The number of benzene rings is 2. The van der Waals surface area contributed by atoms with Crippen molar-refractivity contribution in [2.24, 2.45) is 0 Å². The van der Waals surface area contributed by atoms with Crippen LogP contribution in [0.5, 0.6) is 5.75 Å². The molecule has 0 saturated carbocycles. The van der Waals surface area contributed by atoms with Crippen LogP contribution in [0, 0.1) is 17.0 Å². The fourth-order valence-corrected chi connectivity index (χ4v) is 3.09. The molecule has 1 heterocycles. The molecule has 0 amide bonds. The van der Waals surface area contributed by atoms with Crippen LogP contribution in [-0.4, -0.2) is 17.0 Å². The van der Waals surface area contributed by atoms with E-state index in [0.29, 0.717) is 5.56 Å². The molecule has 0 N–H and O–H groups in total. The van der Waals surface area contributed by atoms with Crippen LogP contribution < -0.4 is 4.74 Å². The number of nitro benzene ring substituents is 1. The Morgan fingerprint density at radius 3 is 2.71 bits per heavy atom. The van der Waals surface area contributed by atoms with E-state index in [4.69, 9.17) is 4.74 Å². The van der Waals surface area contributed by atoms with Crippen LogP contribution in [0.1, 0.15) is 5.56 Å². The molecule has 0 saturated heterocycles. The van der Waals surface area contributed by atoms with E-state index in [2.05, 4.69) is 4.98 Å². The van der Waals surface area contributed by atoms with Gasteiger partial charge in [0.2, 0.25) is 0 Å². The Morgan fingerprint density at radius 1 is 1.24 bits per heavy atom. The van der Waals surface area contributed by atoms with E-state index in [0.717, 1.165) is 26.5 Å². The molecule has 0 spiro atoms. The standard InChI is InChI=1S/C15H12N2O3S/c1-9-7-10(3-5-13(9)17(18)19)15-16-12-8-11(20-2)4-6-14(12)21-15/h3-8H,1-2H3. The van der Waals surface area contributed by atoms with Gasteiger partial charge < -0.3 is 4.74 Å². The molecule has 0 aliphatic heterocycles. The molecule has 0 aliphatic rings. The molecular formula is C15H12N2O3S. The maximum absolute atomic E-state index is 10.9. The second kappa shape index (κ2) is 5.14. The van der Waals surface area contributed by atoms with Gasteiger partial charge in [-0.05, 0) is 31.2 Å². The lowest BCUT2D eigenvalue weighted by molar-refractivity contribution is -0.385. The molecule has 1 aromatic heterocycles. The zero-order chi connectivity index (χ0) is 15.0. The number of hydrogen-bond acceptors (Lipinski definition) is 5. The van der Waals surface area contributed by atoms with E-state index >= 15 is 0 Å². The zero-order valence-corrected chi connectivity index (χ0v) is 12.3. The predicted octanol–water partition coefficient (Wildman–Crippen LogP) is 4.19. The molecule has 6 heteroatoms.